The van der Waals surface area contributed by atoms with Crippen LogP contribution in [0.25, 0.3) is 0 Å². The van der Waals surface area contributed by atoms with E-state index in [1.165, 1.54) is 44.5 Å². The van der Waals surface area contributed by atoms with Crippen LogP contribution in [0.2, 0.25) is 0 Å². The van der Waals surface area contributed by atoms with Gasteiger partial charge in [0.1, 0.15) is 11.9 Å². The average molecular weight is 260 g/mol. The summed E-state index contributed by atoms with van der Waals surface area (Å²) in [6.45, 7) is 5.79. The first-order chi connectivity index (χ1) is 9.42. The summed E-state index contributed by atoms with van der Waals surface area (Å²) in [5.74, 6) is 1.07. The third-order valence-corrected chi connectivity index (χ3v) is 4.14. The van der Waals surface area contributed by atoms with Crippen LogP contribution < -0.4 is 10.1 Å². The van der Waals surface area contributed by atoms with Crippen molar-refractivity contribution in [1.29, 1.82) is 0 Å². The zero-order chi connectivity index (χ0) is 12.9. The Kier molecular flexibility index (Phi) is 4.36. The zero-order valence-corrected chi connectivity index (χ0v) is 11.6. The zero-order valence-electron chi connectivity index (χ0n) is 11.6. The summed E-state index contributed by atoms with van der Waals surface area (Å²) in [4.78, 5) is 2.57. The second kappa shape index (κ2) is 6.40. The first-order valence-corrected chi connectivity index (χ1v) is 7.59. The van der Waals surface area contributed by atoms with Crippen LogP contribution in [0.15, 0.2) is 24.3 Å². The summed E-state index contributed by atoms with van der Waals surface area (Å²) in [6, 6.07) is 8.38. The first-order valence-electron chi connectivity index (χ1n) is 7.59. The van der Waals surface area contributed by atoms with Crippen molar-refractivity contribution in [3.63, 3.8) is 0 Å². The van der Waals surface area contributed by atoms with Gasteiger partial charge in [-0.1, -0.05) is 24.6 Å². The number of hydrogen-bond donors (Lipinski definition) is 1. The normalized spacial score (nSPS) is 23.1. The highest BCUT2D eigenvalue weighted by Crippen LogP contribution is 2.27. The molecule has 0 aromatic heterocycles. The number of piperidine rings is 1. The van der Waals surface area contributed by atoms with Gasteiger partial charge >= 0.3 is 0 Å². The van der Waals surface area contributed by atoms with Gasteiger partial charge in [0.05, 0.1) is 0 Å². The number of nitrogens with one attached hydrogen (secondary N) is 1. The molecule has 1 unspecified atom stereocenters. The summed E-state index contributed by atoms with van der Waals surface area (Å²) in [7, 11) is 0. The van der Waals surface area contributed by atoms with Crippen molar-refractivity contribution in [3.8, 4) is 5.75 Å². The second-order valence-electron chi connectivity index (χ2n) is 5.66. The fraction of sp³-hybridized carbons (Fsp3) is 0.625. The third-order valence-electron chi connectivity index (χ3n) is 4.14. The SMILES string of the molecule is c1ccc2c(c1)CC(CNCCN1CCCCC1)O2. The van der Waals surface area contributed by atoms with Crippen LogP contribution in [0, 0.1) is 0 Å². The number of hydrogen-bond acceptors (Lipinski definition) is 3. The standard InChI is InChI=1S/C16H24N2O/c1-4-9-18(10-5-1)11-8-17-13-15-12-14-6-2-3-7-16(14)19-15/h2-3,6-7,15,17H,1,4-5,8-13H2. The Morgan fingerprint density at radius 1 is 1.16 bits per heavy atom. The highest BCUT2D eigenvalue weighted by molar-refractivity contribution is 5.37. The molecule has 3 heteroatoms. The summed E-state index contributed by atoms with van der Waals surface area (Å²) < 4.78 is 5.92. The van der Waals surface area contributed by atoms with E-state index in [0.29, 0.717) is 6.10 Å². The summed E-state index contributed by atoms with van der Waals surface area (Å²) in [5, 5.41) is 3.54. The molecule has 3 nitrogen and oxygen atoms in total. The van der Waals surface area contributed by atoms with E-state index in [0.717, 1.165) is 25.3 Å². The second-order valence-corrected chi connectivity index (χ2v) is 5.66. The van der Waals surface area contributed by atoms with Gasteiger partial charge in [-0.15, -0.1) is 0 Å². The van der Waals surface area contributed by atoms with Gasteiger partial charge in [-0.3, -0.25) is 0 Å². The fourth-order valence-electron chi connectivity index (χ4n) is 3.05. The Bertz CT molecular complexity index is 376. The average Bonchev–Trinajstić information content (AvgIpc) is 2.87. The number of benzene rings is 1. The molecule has 0 aliphatic carbocycles. The molecule has 1 fully saturated rings. The van der Waals surface area contributed by atoms with Crippen molar-refractivity contribution >= 4 is 0 Å². The molecule has 2 aliphatic heterocycles. The van der Waals surface area contributed by atoms with E-state index < -0.39 is 0 Å². The van der Waals surface area contributed by atoms with E-state index in [-0.39, 0.29) is 0 Å². The minimum absolute atomic E-state index is 0.318. The van der Waals surface area contributed by atoms with Crippen LogP contribution in [0.3, 0.4) is 0 Å². The van der Waals surface area contributed by atoms with Crippen molar-refractivity contribution in [3.05, 3.63) is 29.8 Å². The Hall–Kier alpha value is -1.06. The Labute approximate surface area is 115 Å². The predicted molar refractivity (Wildman–Crippen MR) is 77.7 cm³/mol. The maximum Gasteiger partial charge on any atom is 0.123 e. The maximum atomic E-state index is 5.92. The van der Waals surface area contributed by atoms with E-state index in [4.69, 9.17) is 4.74 Å². The van der Waals surface area contributed by atoms with Gasteiger partial charge in [0.15, 0.2) is 0 Å². The molecule has 1 saturated heterocycles. The van der Waals surface area contributed by atoms with Crippen molar-refractivity contribution in [2.75, 3.05) is 32.7 Å². The molecular weight excluding hydrogens is 236 g/mol. The summed E-state index contributed by atoms with van der Waals surface area (Å²) >= 11 is 0. The molecule has 1 aromatic carbocycles. The molecule has 104 valence electrons. The molecule has 1 N–H and O–H groups in total. The van der Waals surface area contributed by atoms with Crippen LogP contribution in [-0.4, -0.2) is 43.7 Å². The Balaban J connectivity index is 1.33. The lowest BCUT2D eigenvalue weighted by Crippen LogP contribution is -2.38. The Morgan fingerprint density at radius 2 is 2.00 bits per heavy atom. The van der Waals surface area contributed by atoms with Gasteiger partial charge < -0.3 is 15.0 Å². The molecule has 2 aliphatic rings. The highest BCUT2D eigenvalue weighted by Gasteiger charge is 2.21. The van der Waals surface area contributed by atoms with E-state index in [1.807, 2.05) is 6.07 Å². The predicted octanol–water partition coefficient (Wildman–Crippen LogP) is 2.07. The van der Waals surface area contributed by atoms with Crippen molar-refractivity contribution in [2.45, 2.75) is 31.8 Å². The van der Waals surface area contributed by atoms with Crippen LogP contribution in [0.1, 0.15) is 24.8 Å². The largest absolute Gasteiger partial charge is 0.488 e. The number of nitrogens with zero attached hydrogens (tertiary/aromatic N) is 1. The maximum absolute atomic E-state index is 5.92. The lowest BCUT2D eigenvalue weighted by molar-refractivity contribution is 0.209. The molecule has 2 heterocycles. The molecule has 0 spiro atoms. The van der Waals surface area contributed by atoms with Gasteiger partial charge in [-0.05, 0) is 37.6 Å². The molecule has 0 bridgehead atoms. The topological polar surface area (TPSA) is 24.5 Å². The lowest BCUT2D eigenvalue weighted by atomic mass is 10.1. The first kappa shape index (κ1) is 12.9. The molecule has 19 heavy (non-hydrogen) atoms. The van der Waals surface area contributed by atoms with Crippen LogP contribution in [-0.2, 0) is 6.42 Å². The number of rotatable bonds is 5. The summed E-state index contributed by atoms with van der Waals surface area (Å²) in [5.41, 5.74) is 1.35. The number of ether oxygens (including phenoxy) is 1. The fourth-order valence-corrected chi connectivity index (χ4v) is 3.05. The van der Waals surface area contributed by atoms with Gasteiger partial charge in [0, 0.05) is 26.1 Å². The van der Waals surface area contributed by atoms with E-state index in [9.17, 15) is 0 Å². The molecular formula is C16H24N2O. The smallest absolute Gasteiger partial charge is 0.123 e. The van der Waals surface area contributed by atoms with Gasteiger partial charge in [0.2, 0.25) is 0 Å². The number of para-hydroxylation sites is 1. The van der Waals surface area contributed by atoms with Crippen LogP contribution in [0.4, 0.5) is 0 Å². The molecule has 0 amide bonds. The van der Waals surface area contributed by atoms with Gasteiger partial charge in [0.25, 0.3) is 0 Å². The summed E-state index contributed by atoms with van der Waals surface area (Å²) in [6.07, 6.45) is 5.53. The molecule has 1 aromatic rings. The monoisotopic (exact) mass is 260 g/mol. The van der Waals surface area contributed by atoms with Crippen molar-refractivity contribution in [2.24, 2.45) is 0 Å². The van der Waals surface area contributed by atoms with E-state index in [2.05, 4.69) is 28.4 Å². The third kappa shape index (κ3) is 3.48. The molecule has 3 rings (SSSR count). The highest BCUT2D eigenvalue weighted by atomic mass is 16.5. The van der Waals surface area contributed by atoms with Crippen molar-refractivity contribution < 1.29 is 4.74 Å². The molecule has 1 atom stereocenters. The van der Waals surface area contributed by atoms with E-state index in [1.54, 1.807) is 0 Å². The Morgan fingerprint density at radius 3 is 2.84 bits per heavy atom. The van der Waals surface area contributed by atoms with Crippen molar-refractivity contribution in [1.82, 2.24) is 10.2 Å². The van der Waals surface area contributed by atoms with Gasteiger partial charge in [-0.2, -0.15) is 0 Å². The minimum Gasteiger partial charge on any atom is -0.488 e. The van der Waals surface area contributed by atoms with Crippen LogP contribution in [0.5, 0.6) is 5.75 Å². The number of likely N-dealkylation sites (tertiary alicyclic amines) is 1. The van der Waals surface area contributed by atoms with E-state index >= 15 is 0 Å². The minimum atomic E-state index is 0.318. The quantitative estimate of drug-likeness (QED) is 0.820. The lowest BCUT2D eigenvalue weighted by Gasteiger charge is -2.26. The molecule has 0 saturated carbocycles. The number of fused-ring (bicyclic) bond motifs is 1. The molecule has 0 radical (unpaired) electrons. The van der Waals surface area contributed by atoms with Crippen LogP contribution >= 0.6 is 0 Å². The van der Waals surface area contributed by atoms with Gasteiger partial charge in [-0.25, -0.2) is 0 Å².